The number of fused-ring (bicyclic) bond motifs is 1. The fourth-order valence-corrected chi connectivity index (χ4v) is 2.65. The van der Waals surface area contributed by atoms with Crippen molar-refractivity contribution in [1.82, 2.24) is 20.8 Å². The van der Waals surface area contributed by atoms with Crippen LogP contribution in [-0.4, -0.2) is 35.7 Å². The molecule has 0 spiro atoms. The Morgan fingerprint density at radius 2 is 2.21 bits per heavy atom. The number of nitrogens with one attached hydrogen (secondary N) is 2. The van der Waals surface area contributed by atoms with Gasteiger partial charge in [-0.05, 0) is 39.3 Å². The predicted molar refractivity (Wildman–Crippen MR) is 95.9 cm³/mol. The van der Waals surface area contributed by atoms with Crippen LogP contribution in [0, 0.1) is 0 Å². The predicted octanol–water partition coefficient (Wildman–Crippen LogP) is 2.81. The van der Waals surface area contributed by atoms with Crippen LogP contribution in [0.5, 0.6) is 0 Å². The van der Waals surface area contributed by atoms with Crippen molar-refractivity contribution in [1.29, 1.82) is 0 Å². The van der Waals surface area contributed by atoms with Gasteiger partial charge in [-0.2, -0.15) is 0 Å². The average Bonchev–Trinajstić information content (AvgIpc) is 3.34. The Kier molecular flexibility index (Phi) is 6.18. The molecule has 2 N–H and O–H groups in total. The molecule has 3 rings (SSSR count). The number of hydrogen-bond donors (Lipinski definition) is 2. The topological polar surface area (TPSA) is 80.0 Å². The first-order valence-corrected chi connectivity index (χ1v) is 8.38. The molecule has 24 heavy (non-hydrogen) atoms. The molecule has 1 aliphatic rings. The SMILES string of the molecule is CCCc1noc2nc(C3CC3)cc(C(=O)NCC(C)NC)c12.Cl. The van der Waals surface area contributed by atoms with Crippen molar-refractivity contribution in [3.05, 3.63) is 23.0 Å². The van der Waals surface area contributed by atoms with E-state index < -0.39 is 0 Å². The van der Waals surface area contributed by atoms with E-state index in [2.05, 4.69) is 27.7 Å². The number of aryl methyl sites for hydroxylation is 1. The van der Waals surface area contributed by atoms with Gasteiger partial charge < -0.3 is 15.2 Å². The summed E-state index contributed by atoms with van der Waals surface area (Å²) < 4.78 is 5.40. The lowest BCUT2D eigenvalue weighted by molar-refractivity contribution is 0.0952. The van der Waals surface area contributed by atoms with Crippen LogP contribution in [0.2, 0.25) is 0 Å². The Balaban J connectivity index is 0.00000208. The molecule has 2 aromatic heterocycles. The minimum Gasteiger partial charge on any atom is -0.350 e. The summed E-state index contributed by atoms with van der Waals surface area (Å²) in [6.45, 7) is 4.69. The van der Waals surface area contributed by atoms with Gasteiger partial charge in [-0.1, -0.05) is 18.5 Å². The number of aromatic nitrogens is 2. The van der Waals surface area contributed by atoms with Crippen LogP contribution in [0.3, 0.4) is 0 Å². The molecular weight excluding hydrogens is 328 g/mol. The van der Waals surface area contributed by atoms with E-state index in [0.29, 0.717) is 23.7 Å². The monoisotopic (exact) mass is 352 g/mol. The number of halogens is 1. The zero-order valence-corrected chi connectivity index (χ0v) is 15.2. The largest absolute Gasteiger partial charge is 0.350 e. The third kappa shape index (κ3) is 3.87. The van der Waals surface area contributed by atoms with Crippen molar-refractivity contribution in [2.75, 3.05) is 13.6 Å². The highest BCUT2D eigenvalue weighted by Gasteiger charge is 2.29. The van der Waals surface area contributed by atoms with Crippen molar-refractivity contribution in [2.24, 2.45) is 0 Å². The first-order valence-electron chi connectivity index (χ1n) is 8.38. The minimum absolute atomic E-state index is 0. The van der Waals surface area contributed by atoms with Gasteiger partial charge in [0.2, 0.25) is 0 Å². The van der Waals surface area contributed by atoms with E-state index in [1.54, 1.807) is 0 Å². The van der Waals surface area contributed by atoms with Crippen LogP contribution >= 0.6 is 12.4 Å². The van der Waals surface area contributed by atoms with E-state index >= 15 is 0 Å². The van der Waals surface area contributed by atoms with Gasteiger partial charge in [0.05, 0.1) is 16.6 Å². The standard InChI is InChI=1S/C17H24N4O2.ClH/c1-4-5-13-15-12(16(22)19-9-10(2)18-3)8-14(11-6-7-11)20-17(15)23-21-13;/h8,10-11,18H,4-7,9H2,1-3H3,(H,19,22);1H. The first-order chi connectivity index (χ1) is 11.1. The molecule has 6 nitrogen and oxygen atoms in total. The summed E-state index contributed by atoms with van der Waals surface area (Å²) in [4.78, 5) is 17.3. The Bertz CT molecular complexity index is 712. The number of carbonyl (C=O) groups excluding carboxylic acids is 1. The number of rotatable bonds is 7. The second-order valence-corrected chi connectivity index (χ2v) is 6.33. The molecule has 0 aliphatic heterocycles. The van der Waals surface area contributed by atoms with E-state index in [9.17, 15) is 4.79 Å². The van der Waals surface area contributed by atoms with Gasteiger partial charge in [0.15, 0.2) is 0 Å². The van der Waals surface area contributed by atoms with Crippen LogP contribution in [-0.2, 0) is 6.42 Å². The number of amides is 1. The van der Waals surface area contributed by atoms with Gasteiger partial charge in [-0.25, -0.2) is 4.98 Å². The Morgan fingerprint density at radius 1 is 1.46 bits per heavy atom. The Morgan fingerprint density at radius 3 is 2.83 bits per heavy atom. The average molecular weight is 353 g/mol. The molecule has 1 fully saturated rings. The molecule has 0 bridgehead atoms. The molecule has 1 amide bonds. The molecule has 1 unspecified atom stereocenters. The molecule has 1 saturated carbocycles. The van der Waals surface area contributed by atoms with Crippen LogP contribution in [0.1, 0.15) is 60.8 Å². The lowest BCUT2D eigenvalue weighted by Gasteiger charge is -2.12. The molecule has 2 heterocycles. The summed E-state index contributed by atoms with van der Waals surface area (Å²) in [5.74, 6) is 0.379. The molecule has 0 radical (unpaired) electrons. The maximum Gasteiger partial charge on any atom is 0.259 e. The van der Waals surface area contributed by atoms with Gasteiger partial charge in [0.25, 0.3) is 11.6 Å². The minimum atomic E-state index is -0.0815. The molecule has 132 valence electrons. The third-order valence-corrected chi connectivity index (χ3v) is 4.33. The Hall–Kier alpha value is -1.66. The van der Waals surface area contributed by atoms with Crippen molar-refractivity contribution in [3.63, 3.8) is 0 Å². The molecular formula is C17H25ClN4O2. The highest BCUT2D eigenvalue weighted by molar-refractivity contribution is 6.06. The first kappa shape index (κ1) is 18.7. The second kappa shape index (κ2) is 7.94. The quantitative estimate of drug-likeness (QED) is 0.801. The maximum atomic E-state index is 12.7. The highest BCUT2D eigenvalue weighted by atomic mass is 35.5. The van der Waals surface area contributed by atoms with Gasteiger partial charge in [-0.3, -0.25) is 4.79 Å². The van der Waals surface area contributed by atoms with E-state index in [1.807, 2.05) is 20.0 Å². The third-order valence-electron chi connectivity index (χ3n) is 4.33. The van der Waals surface area contributed by atoms with Crippen LogP contribution < -0.4 is 10.6 Å². The molecule has 0 aromatic carbocycles. The molecule has 1 aliphatic carbocycles. The number of likely N-dealkylation sites (N-methyl/N-ethyl adjacent to an activating group) is 1. The summed E-state index contributed by atoms with van der Waals surface area (Å²) in [6, 6.07) is 2.15. The number of nitrogens with zero attached hydrogens (tertiary/aromatic N) is 2. The molecule has 7 heteroatoms. The Labute approximate surface area is 148 Å². The van der Waals surface area contributed by atoms with Crippen LogP contribution in [0.25, 0.3) is 11.1 Å². The van der Waals surface area contributed by atoms with Crippen molar-refractivity contribution < 1.29 is 9.32 Å². The second-order valence-electron chi connectivity index (χ2n) is 6.33. The van der Waals surface area contributed by atoms with Gasteiger partial charge in [0, 0.05) is 24.2 Å². The van der Waals surface area contributed by atoms with E-state index in [4.69, 9.17) is 4.52 Å². The zero-order valence-electron chi connectivity index (χ0n) is 14.4. The fraction of sp³-hybridized carbons (Fsp3) is 0.588. The van der Waals surface area contributed by atoms with Crippen LogP contribution in [0.15, 0.2) is 10.6 Å². The maximum absolute atomic E-state index is 12.7. The lowest BCUT2D eigenvalue weighted by atomic mass is 10.0. The molecule has 1 atom stereocenters. The van der Waals surface area contributed by atoms with Crippen molar-refractivity contribution >= 4 is 29.4 Å². The molecule has 2 aromatic rings. The molecule has 0 saturated heterocycles. The van der Waals surface area contributed by atoms with Gasteiger partial charge >= 0.3 is 0 Å². The zero-order chi connectivity index (χ0) is 16.4. The lowest BCUT2D eigenvalue weighted by Crippen LogP contribution is -2.37. The highest BCUT2D eigenvalue weighted by Crippen LogP contribution is 2.40. The number of carbonyl (C=O) groups is 1. The summed E-state index contributed by atoms with van der Waals surface area (Å²) >= 11 is 0. The number of pyridine rings is 1. The number of hydrogen-bond acceptors (Lipinski definition) is 5. The van der Waals surface area contributed by atoms with Crippen LogP contribution in [0.4, 0.5) is 0 Å². The van der Waals surface area contributed by atoms with Crippen molar-refractivity contribution in [3.8, 4) is 0 Å². The van der Waals surface area contributed by atoms with E-state index in [1.165, 1.54) is 0 Å². The van der Waals surface area contributed by atoms with Gasteiger partial charge in [0.1, 0.15) is 0 Å². The summed E-state index contributed by atoms with van der Waals surface area (Å²) in [5, 5.41) is 11.0. The summed E-state index contributed by atoms with van der Waals surface area (Å²) in [6.07, 6.45) is 3.99. The van der Waals surface area contributed by atoms with E-state index in [0.717, 1.165) is 42.5 Å². The normalized spacial score (nSPS) is 15.1. The van der Waals surface area contributed by atoms with Crippen molar-refractivity contribution in [2.45, 2.75) is 51.5 Å². The summed E-state index contributed by atoms with van der Waals surface area (Å²) in [5.41, 5.74) is 2.90. The fourth-order valence-electron chi connectivity index (χ4n) is 2.65. The van der Waals surface area contributed by atoms with Gasteiger partial charge in [-0.15, -0.1) is 12.4 Å². The van der Waals surface area contributed by atoms with E-state index in [-0.39, 0.29) is 24.4 Å². The summed E-state index contributed by atoms with van der Waals surface area (Å²) in [7, 11) is 1.88. The smallest absolute Gasteiger partial charge is 0.259 e.